The van der Waals surface area contributed by atoms with Crippen molar-refractivity contribution in [3.8, 4) is 0 Å². The van der Waals surface area contributed by atoms with Crippen LogP contribution in [0.2, 0.25) is 0 Å². The van der Waals surface area contributed by atoms with Crippen molar-refractivity contribution in [3.63, 3.8) is 0 Å². The molecular formula is C9H13BrClNO2S2. The summed E-state index contributed by atoms with van der Waals surface area (Å²) >= 11 is 10.3. The maximum absolute atomic E-state index is 11.8. The summed E-state index contributed by atoms with van der Waals surface area (Å²) in [5, 5.41) is 1.75. The van der Waals surface area contributed by atoms with Gasteiger partial charge in [-0.1, -0.05) is 6.92 Å². The van der Waals surface area contributed by atoms with E-state index in [1.54, 1.807) is 11.4 Å². The van der Waals surface area contributed by atoms with Crippen molar-refractivity contribution in [1.29, 1.82) is 0 Å². The van der Waals surface area contributed by atoms with Crippen LogP contribution < -0.4 is 4.72 Å². The molecule has 0 aliphatic heterocycles. The highest BCUT2D eigenvalue weighted by molar-refractivity contribution is 9.10. The monoisotopic (exact) mass is 345 g/mol. The number of thiophene rings is 1. The SMILES string of the molecule is CCC(Cl)CCNS(=O)(=O)c1sccc1Br. The highest BCUT2D eigenvalue weighted by atomic mass is 79.9. The van der Waals surface area contributed by atoms with Gasteiger partial charge in [-0.2, -0.15) is 0 Å². The van der Waals surface area contributed by atoms with E-state index in [0.29, 0.717) is 21.6 Å². The lowest BCUT2D eigenvalue weighted by molar-refractivity contribution is 0.578. The van der Waals surface area contributed by atoms with E-state index >= 15 is 0 Å². The van der Waals surface area contributed by atoms with Crippen molar-refractivity contribution in [1.82, 2.24) is 4.72 Å². The molecule has 3 nitrogen and oxygen atoms in total. The van der Waals surface area contributed by atoms with Crippen LogP contribution in [-0.4, -0.2) is 20.3 Å². The van der Waals surface area contributed by atoms with Gasteiger partial charge in [0.05, 0.1) is 0 Å². The van der Waals surface area contributed by atoms with Gasteiger partial charge < -0.3 is 0 Å². The Kier molecular flexibility index (Phi) is 5.73. The van der Waals surface area contributed by atoms with Crippen LogP contribution in [0.25, 0.3) is 0 Å². The normalized spacial score (nSPS) is 13.9. The first kappa shape index (κ1) is 14.4. The van der Waals surface area contributed by atoms with Gasteiger partial charge in [-0.05, 0) is 40.2 Å². The summed E-state index contributed by atoms with van der Waals surface area (Å²) in [5.41, 5.74) is 0. The average Bonchev–Trinajstić information content (AvgIpc) is 2.64. The second-order valence-corrected chi connectivity index (χ2v) is 7.60. The summed E-state index contributed by atoms with van der Waals surface area (Å²) in [5.74, 6) is 0. The van der Waals surface area contributed by atoms with E-state index in [9.17, 15) is 8.42 Å². The first-order chi connectivity index (χ1) is 7.47. The number of sulfonamides is 1. The summed E-state index contributed by atoms with van der Waals surface area (Å²) in [4.78, 5) is 0. The van der Waals surface area contributed by atoms with Gasteiger partial charge in [0.1, 0.15) is 4.21 Å². The minimum absolute atomic E-state index is 0.0227. The first-order valence-corrected chi connectivity index (χ1v) is 8.43. The molecule has 1 unspecified atom stereocenters. The maximum Gasteiger partial charge on any atom is 0.251 e. The lowest BCUT2D eigenvalue weighted by Gasteiger charge is -2.08. The first-order valence-electron chi connectivity index (χ1n) is 4.84. The van der Waals surface area contributed by atoms with E-state index in [0.717, 1.165) is 6.42 Å². The van der Waals surface area contributed by atoms with Crippen molar-refractivity contribution in [2.24, 2.45) is 0 Å². The van der Waals surface area contributed by atoms with Crippen molar-refractivity contribution in [3.05, 3.63) is 15.9 Å². The van der Waals surface area contributed by atoms with Crippen molar-refractivity contribution >= 4 is 48.9 Å². The van der Waals surface area contributed by atoms with Crippen LogP contribution in [0, 0.1) is 0 Å². The molecule has 92 valence electrons. The predicted octanol–water partition coefficient (Wildman–Crippen LogP) is 3.20. The van der Waals surface area contributed by atoms with Crippen LogP contribution in [0.1, 0.15) is 19.8 Å². The Morgan fingerprint density at radius 3 is 2.81 bits per heavy atom. The topological polar surface area (TPSA) is 46.2 Å². The fraction of sp³-hybridized carbons (Fsp3) is 0.556. The molecule has 0 bridgehead atoms. The molecule has 1 aromatic rings. The van der Waals surface area contributed by atoms with E-state index in [1.807, 2.05) is 6.92 Å². The molecule has 0 aliphatic carbocycles. The predicted molar refractivity (Wildman–Crippen MR) is 71.8 cm³/mol. The molecule has 0 saturated carbocycles. The lowest BCUT2D eigenvalue weighted by Crippen LogP contribution is -2.25. The zero-order valence-corrected chi connectivity index (χ0v) is 12.7. The van der Waals surface area contributed by atoms with Gasteiger partial charge in [-0.25, -0.2) is 13.1 Å². The van der Waals surface area contributed by atoms with Crippen LogP contribution >= 0.6 is 38.9 Å². The number of hydrogen-bond acceptors (Lipinski definition) is 3. The number of hydrogen-bond donors (Lipinski definition) is 1. The van der Waals surface area contributed by atoms with Gasteiger partial charge in [-0.3, -0.25) is 0 Å². The molecule has 0 saturated heterocycles. The van der Waals surface area contributed by atoms with Gasteiger partial charge in [0.2, 0.25) is 0 Å². The molecule has 0 fully saturated rings. The van der Waals surface area contributed by atoms with Crippen LogP contribution in [-0.2, 0) is 10.0 Å². The molecule has 0 spiro atoms. The summed E-state index contributed by atoms with van der Waals surface area (Å²) < 4.78 is 27.1. The highest BCUT2D eigenvalue weighted by Gasteiger charge is 2.18. The molecular weight excluding hydrogens is 334 g/mol. The molecule has 1 heterocycles. The summed E-state index contributed by atoms with van der Waals surface area (Å²) in [6, 6.07) is 1.72. The van der Waals surface area contributed by atoms with E-state index in [1.165, 1.54) is 11.3 Å². The third kappa shape index (κ3) is 4.00. The molecule has 1 aromatic heterocycles. The molecule has 16 heavy (non-hydrogen) atoms. The molecule has 1 atom stereocenters. The second kappa shape index (κ2) is 6.35. The van der Waals surface area contributed by atoms with Gasteiger partial charge in [0, 0.05) is 16.4 Å². The quantitative estimate of drug-likeness (QED) is 0.804. The number of alkyl halides is 1. The molecule has 1 rings (SSSR count). The fourth-order valence-corrected chi connectivity index (χ4v) is 4.63. The summed E-state index contributed by atoms with van der Waals surface area (Å²) in [6.07, 6.45) is 1.48. The van der Waals surface area contributed by atoms with Crippen molar-refractivity contribution < 1.29 is 8.42 Å². The Labute approximate surface area is 113 Å². The summed E-state index contributed by atoms with van der Waals surface area (Å²) in [6.45, 7) is 2.34. The molecule has 1 N–H and O–H groups in total. The molecule has 0 aromatic carbocycles. The van der Waals surface area contributed by atoms with E-state index in [2.05, 4.69) is 20.7 Å². The van der Waals surface area contributed by atoms with Crippen molar-refractivity contribution in [2.45, 2.75) is 29.4 Å². The number of rotatable bonds is 6. The summed E-state index contributed by atoms with van der Waals surface area (Å²) in [7, 11) is -3.39. The van der Waals surface area contributed by atoms with Gasteiger partial charge in [0.15, 0.2) is 0 Å². The van der Waals surface area contributed by atoms with E-state index in [4.69, 9.17) is 11.6 Å². The highest BCUT2D eigenvalue weighted by Crippen LogP contribution is 2.27. The van der Waals surface area contributed by atoms with Crippen LogP contribution in [0.15, 0.2) is 20.1 Å². The Hall–Kier alpha value is 0.380. The Morgan fingerprint density at radius 1 is 1.62 bits per heavy atom. The van der Waals surface area contributed by atoms with E-state index < -0.39 is 10.0 Å². The largest absolute Gasteiger partial charge is 0.251 e. The molecule has 0 radical (unpaired) electrons. The Balaban J connectivity index is 2.57. The minimum Gasteiger partial charge on any atom is -0.210 e. The average molecular weight is 347 g/mol. The van der Waals surface area contributed by atoms with Gasteiger partial charge >= 0.3 is 0 Å². The van der Waals surface area contributed by atoms with Crippen LogP contribution in [0.4, 0.5) is 0 Å². The zero-order chi connectivity index (χ0) is 12.2. The minimum atomic E-state index is -3.39. The number of nitrogens with one attached hydrogen (secondary N) is 1. The third-order valence-electron chi connectivity index (χ3n) is 2.02. The maximum atomic E-state index is 11.8. The smallest absolute Gasteiger partial charge is 0.210 e. The second-order valence-electron chi connectivity index (χ2n) is 3.25. The zero-order valence-electron chi connectivity index (χ0n) is 8.74. The van der Waals surface area contributed by atoms with Crippen LogP contribution in [0.3, 0.4) is 0 Å². The number of halogens is 2. The standard InChI is InChI=1S/C9H13BrClNO2S2/c1-2-7(11)3-5-12-16(13,14)9-8(10)4-6-15-9/h4,6-7,12H,2-3,5H2,1H3. The van der Waals surface area contributed by atoms with Crippen LogP contribution in [0.5, 0.6) is 0 Å². The van der Waals surface area contributed by atoms with Gasteiger partial charge in [-0.15, -0.1) is 22.9 Å². The van der Waals surface area contributed by atoms with Crippen molar-refractivity contribution in [2.75, 3.05) is 6.54 Å². The fourth-order valence-electron chi connectivity index (χ4n) is 1.09. The molecule has 7 heteroatoms. The lowest BCUT2D eigenvalue weighted by atomic mass is 10.2. The Bertz CT molecular complexity index is 432. The van der Waals surface area contributed by atoms with E-state index in [-0.39, 0.29) is 5.38 Å². The third-order valence-corrected chi connectivity index (χ3v) is 6.68. The molecule has 0 aliphatic rings. The Morgan fingerprint density at radius 2 is 2.31 bits per heavy atom. The van der Waals surface area contributed by atoms with Gasteiger partial charge in [0.25, 0.3) is 10.0 Å². The molecule has 0 amide bonds.